The number of ether oxygens (including phenoxy) is 1. The van der Waals surface area contributed by atoms with E-state index >= 15 is 0 Å². The molecule has 2 atom stereocenters. The zero-order chi connectivity index (χ0) is 20.0. The molecule has 7 heteroatoms. The van der Waals surface area contributed by atoms with Crippen LogP contribution in [0.25, 0.3) is 0 Å². The largest absolute Gasteiger partial charge is 0.497 e. The van der Waals surface area contributed by atoms with Crippen molar-refractivity contribution in [2.75, 3.05) is 20.4 Å². The number of hydrogen-bond donors (Lipinski definition) is 1. The molecule has 2 rings (SSSR count). The highest BCUT2D eigenvalue weighted by Gasteiger charge is 2.31. The van der Waals surface area contributed by atoms with Crippen molar-refractivity contribution in [1.29, 1.82) is 0 Å². The Morgan fingerprint density at radius 1 is 1.07 bits per heavy atom. The van der Waals surface area contributed by atoms with Gasteiger partial charge in [0.25, 0.3) is 0 Å². The van der Waals surface area contributed by atoms with Gasteiger partial charge in [-0.05, 0) is 29.7 Å². The first-order chi connectivity index (χ1) is 12.8. The van der Waals surface area contributed by atoms with Crippen molar-refractivity contribution in [2.24, 2.45) is 0 Å². The summed E-state index contributed by atoms with van der Waals surface area (Å²) in [6.07, 6.45) is 1.76. The molecule has 1 N–H and O–H groups in total. The number of nitrogens with one attached hydrogen (secondary N) is 1. The van der Waals surface area contributed by atoms with E-state index in [0.717, 1.165) is 21.9 Å². The van der Waals surface area contributed by atoms with Crippen LogP contribution in [0.3, 0.4) is 0 Å². The van der Waals surface area contributed by atoms with Gasteiger partial charge in [-0.25, -0.2) is 8.42 Å². The molecule has 6 nitrogen and oxygen atoms in total. The molecule has 0 aliphatic carbocycles. The first-order valence-electron chi connectivity index (χ1n) is 8.70. The van der Waals surface area contributed by atoms with Crippen molar-refractivity contribution >= 4 is 15.9 Å². The Kier molecular flexibility index (Phi) is 6.98. The smallest absolute Gasteiger partial charge is 0.243 e. The van der Waals surface area contributed by atoms with E-state index in [9.17, 15) is 13.2 Å². The lowest BCUT2D eigenvalue weighted by molar-refractivity contribution is -0.125. The molecular weight excluding hydrogens is 364 g/mol. The Hall–Kier alpha value is -2.38. The molecule has 0 aliphatic heterocycles. The van der Waals surface area contributed by atoms with Gasteiger partial charge in [0.2, 0.25) is 15.9 Å². The van der Waals surface area contributed by atoms with Crippen molar-refractivity contribution in [2.45, 2.75) is 25.4 Å². The molecule has 0 aromatic heterocycles. The van der Waals surface area contributed by atoms with E-state index in [1.807, 2.05) is 37.3 Å². The minimum Gasteiger partial charge on any atom is -0.497 e. The molecule has 0 fully saturated rings. The number of benzene rings is 2. The lowest BCUT2D eigenvalue weighted by Crippen LogP contribution is -2.42. The van der Waals surface area contributed by atoms with E-state index in [-0.39, 0.29) is 11.9 Å². The number of nitrogens with zero attached hydrogens (tertiary/aromatic N) is 1. The normalized spacial score (nSPS) is 13.8. The van der Waals surface area contributed by atoms with E-state index in [2.05, 4.69) is 5.32 Å². The van der Waals surface area contributed by atoms with Gasteiger partial charge in [0.05, 0.1) is 19.4 Å². The van der Waals surface area contributed by atoms with Gasteiger partial charge in [0.1, 0.15) is 11.8 Å². The number of carbonyl (C=O) groups is 1. The van der Waals surface area contributed by atoms with Crippen LogP contribution < -0.4 is 10.1 Å². The van der Waals surface area contributed by atoms with Crippen LogP contribution >= 0.6 is 0 Å². The van der Waals surface area contributed by atoms with Gasteiger partial charge in [0.15, 0.2) is 0 Å². The van der Waals surface area contributed by atoms with Gasteiger partial charge >= 0.3 is 0 Å². The average molecular weight is 391 g/mol. The lowest BCUT2D eigenvalue weighted by Gasteiger charge is -2.28. The second-order valence-corrected chi connectivity index (χ2v) is 8.38. The van der Waals surface area contributed by atoms with Crippen molar-refractivity contribution in [1.82, 2.24) is 9.62 Å². The second-order valence-electron chi connectivity index (χ2n) is 6.34. The molecular formula is C20H26N2O4S. The molecule has 0 bridgehead atoms. The Bertz CT molecular complexity index is 851. The summed E-state index contributed by atoms with van der Waals surface area (Å²) in [6.45, 7) is 1.97. The summed E-state index contributed by atoms with van der Waals surface area (Å²) >= 11 is 0. The lowest BCUT2D eigenvalue weighted by atomic mass is 10.0. The summed E-state index contributed by atoms with van der Waals surface area (Å²) < 4.78 is 30.4. The van der Waals surface area contributed by atoms with Crippen LogP contribution in [0.4, 0.5) is 0 Å². The number of likely N-dealkylation sites (N-methyl/N-ethyl adjacent to an activating group) is 1. The summed E-state index contributed by atoms with van der Waals surface area (Å²) in [4.78, 5) is 13.1. The standard InChI is InChI=1S/C20H26N2O4S/c1-5-18(15-11-13-17(26-3)14-12-15)21-20(23)19(22(2)27(4,24)25)16-9-7-6-8-10-16/h6-14,18-19H,5H2,1-4H3,(H,21,23)/t18-,19-/m1/s1. The molecule has 0 aliphatic rings. The van der Waals surface area contributed by atoms with Gasteiger partial charge in [-0.3, -0.25) is 4.79 Å². The number of sulfonamides is 1. The molecule has 2 aromatic carbocycles. The molecule has 0 unspecified atom stereocenters. The number of rotatable bonds is 8. The highest BCUT2D eigenvalue weighted by Crippen LogP contribution is 2.25. The predicted molar refractivity (Wildman–Crippen MR) is 106 cm³/mol. The van der Waals surface area contributed by atoms with Gasteiger partial charge in [-0.15, -0.1) is 0 Å². The first kappa shape index (κ1) is 20.9. The molecule has 27 heavy (non-hydrogen) atoms. The van der Waals surface area contributed by atoms with E-state index in [1.165, 1.54) is 7.05 Å². The predicted octanol–water partition coefficient (Wildman–Crippen LogP) is 2.90. The maximum absolute atomic E-state index is 13.1. The topological polar surface area (TPSA) is 75.7 Å². The van der Waals surface area contributed by atoms with E-state index in [4.69, 9.17) is 4.74 Å². The van der Waals surface area contributed by atoms with Crippen molar-refractivity contribution in [3.05, 3.63) is 65.7 Å². The molecule has 0 saturated carbocycles. The first-order valence-corrected chi connectivity index (χ1v) is 10.5. The summed E-state index contributed by atoms with van der Waals surface area (Å²) in [7, 11) is -0.541. The fourth-order valence-electron chi connectivity index (χ4n) is 2.86. The van der Waals surface area contributed by atoms with E-state index < -0.39 is 16.1 Å². The third-order valence-electron chi connectivity index (χ3n) is 4.49. The average Bonchev–Trinajstić information content (AvgIpc) is 2.66. The Morgan fingerprint density at radius 2 is 1.67 bits per heavy atom. The number of methoxy groups -OCH3 is 1. The minimum atomic E-state index is -3.56. The number of hydrogen-bond acceptors (Lipinski definition) is 4. The van der Waals surface area contributed by atoms with E-state index in [1.54, 1.807) is 31.4 Å². The monoisotopic (exact) mass is 390 g/mol. The fourth-order valence-corrected chi connectivity index (χ4v) is 3.46. The minimum absolute atomic E-state index is 0.234. The Morgan fingerprint density at radius 3 is 2.15 bits per heavy atom. The van der Waals surface area contributed by atoms with Gasteiger partial charge in [0, 0.05) is 7.05 Å². The van der Waals surface area contributed by atoms with Crippen molar-refractivity contribution < 1.29 is 17.9 Å². The zero-order valence-electron chi connectivity index (χ0n) is 16.0. The maximum atomic E-state index is 13.1. The summed E-state index contributed by atoms with van der Waals surface area (Å²) in [5.74, 6) is 0.371. The maximum Gasteiger partial charge on any atom is 0.243 e. The molecule has 0 heterocycles. The molecule has 0 spiro atoms. The van der Waals surface area contributed by atoms with Crippen molar-refractivity contribution in [3.63, 3.8) is 0 Å². The van der Waals surface area contributed by atoms with Gasteiger partial charge in [-0.2, -0.15) is 4.31 Å². The number of carbonyl (C=O) groups excluding carboxylic acids is 1. The number of amides is 1. The quantitative estimate of drug-likeness (QED) is 0.752. The van der Waals surface area contributed by atoms with Gasteiger partial charge in [-0.1, -0.05) is 49.4 Å². The summed E-state index contributed by atoms with van der Waals surface area (Å²) in [5.41, 5.74) is 1.55. The highest BCUT2D eigenvalue weighted by molar-refractivity contribution is 7.88. The second kappa shape index (κ2) is 9.01. The SMILES string of the molecule is CC[C@@H](NC(=O)[C@@H](c1ccccc1)N(C)S(C)(=O)=O)c1ccc(OC)cc1. The van der Waals surface area contributed by atoms with Gasteiger partial charge < -0.3 is 10.1 Å². The highest BCUT2D eigenvalue weighted by atomic mass is 32.2. The van der Waals surface area contributed by atoms with Crippen LogP contribution in [0, 0.1) is 0 Å². The third-order valence-corrected chi connectivity index (χ3v) is 5.75. The zero-order valence-corrected chi connectivity index (χ0v) is 16.9. The Balaban J connectivity index is 2.30. The molecule has 0 radical (unpaired) electrons. The third kappa shape index (κ3) is 5.30. The molecule has 2 aromatic rings. The summed E-state index contributed by atoms with van der Waals surface area (Å²) in [5, 5.41) is 2.99. The fraction of sp³-hybridized carbons (Fsp3) is 0.350. The van der Waals surface area contributed by atoms with E-state index in [0.29, 0.717) is 12.0 Å². The Labute approximate surface area is 161 Å². The van der Waals surface area contributed by atoms with Crippen LogP contribution in [-0.4, -0.2) is 39.0 Å². The molecule has 1 amide bonds. The molecule has 146 valence electrons. The molecule has 0 saturated heterocycles. The van der Waals surface area contributed by atoms with Crippen molar-refractivity contribution in [3.8, 4) is 5.75 Å². The summed E-state index contributed by atoms with van der Waals surface area (Å²) in [6, 6.07) is 15.2. The van der Waals surface area contributed by atoms with Crippen LogP contribution in [0.5, 0.6) is 5.75 Å². The van der Waals surface area contributed by atoms with Crippen LogP contribution in [0.15, 0.2) is 54.6 Å². The van der Waals surface area contributed by atoms with Crippen LogP contribution in [0.2, 0.25) is 0 Å². The van der Waals surface area contributed by atoms with Crippen LogP contribution in [-0.2, 0) is 14.8 Å². The van der Waals surface area contributed by atoms with Crippen LogP contribution in [0.1, 0.15) is 36.6 Å².